The van der Waals surface area contributed by atoms with Crippen molar-refractivity contribution >= 4 is 11.9 Å². The van der Waals surface area contributed by atoms with E-state index < -0.39 is 0 Å². The van der Waals surface area contributed by atoms with Crippen LogP contribution in [0.5, 0.6) is 11.5 Å². The van der Waals surface area contributed by atoms with Crippen LogP contribution in [0.1, 0.15) is 15.9 Å². The maximum Gasteiger partial charge on any atom is 0.185 e. The van der Waals surface area contributed by atoms with E-state index >= 15 is 0 Å². The van der Waals surface area contributed by atoms with Gasteiger partial charge in [-0.1, -0.05) is 18.2 Å². The number of hydrogen-bond acceptors (Lipinski definition) is 3. The molecule has 0 radical (unpaired) electrons. The summed E-state index contributed by atoms with van der Waals surface area (Å²) in [5.74, 6) is 0.189. The molecule has 0 heterocycles. The first-order valence-corrected chi connectivity index (χ1v) is 5.45. The molecule has 90 valence electrons. The third-order valence-corrected chi connectivity index (χ3v) is 2.47. The highest BCUT2D eigenvalue weighted by atomic mass is 16.3. The van der Waals surface area contributed by atoms with Crippen molar-refractivity contribution in [2.24, 2.45) is 0 Å². The molecule has 0 spiro atoms. The topological polar surface area (TPSA) is 57.5 Å². The predicted molar refractivity (Wildman–Crippen MR) is 69.6 cm³/mol. The smallest absolute Gasteiger partial charge is 0.185 e. The quantitative estimate of drug-likeness (QED) is 0.640. The molecule has 0 amide bonds. The summed E-state index contributed by atoms with van der Waals surface area (Å²) in [5, 5.41) is 18.2. The van der Waals surface area contributed by atoms with E-state index in [0.717, 1.165) is 5.56 Å². The summed E-state index contributed by atoms with van der Waals surface area (Å²) in [6.45, 7) is 0. The van der Waals surface area contributed by atoms with Crippen LogP contribution in [0.4, 0.5) is 0 Å². The Morgan fingerprint density at radius 3 is 1.89 bits per heavy atom. The molecule has 0 aliphatic carbocycles. The average Bonchev–Trinajstić information content (AvgIpc) is 2.38. The molecule has 0 bridgehead atoms. The molecule has 0 atom stereocenters. The second kappa shape index (κ2) is 5.19. The van der Waals surface area contributed by atoms with E-state index in [4.69, 9.17) is 10.2 Å². The molecular formula is C15H12O3. The second-order valence-corrected chi connectivity index (χ2v) is 3.84. The van der Waals surface area contributed by atoms with Crippen molar-refractivity contribution < 1.29 is 15.0 Å². The van der Waals surface area contributed by atoms with Gasteiger partial charge in [-0.25, -0.2) is 0 Å². The van der Waals surface area contributed by atoms with Crippen LogP contribution in [0.25, 0.3) is 6.08 Å². The van der Waals surface area contributed by atoms with Crippen LogP contribution >= 0.6 is 0 Å². The van der Waals surface area contributed by atoms with Crippen molar-refractivity contribution in [1.82, 2.24) is 0 Å². The minimum Gasteiger partial charge on any atom is -0.508 e. The summed E-state index contributed by atoms with van der Waals surface area (Å²) in [6.07, 6.45) is 3.13. The van der Waals surface area contributed by atoms with Gasteiger partial charge in [-0.05, 0) is 48.0 Å². The molecule has 18 heavy (non-hydrogen) atoms. The number of phenolic OH excluding ortho intramolecular Hbond substituents is 2. The molecule has 3 heteroatoms. The number of benzene rings is 2. The van der Waals surface area contributed by atoms with Gasteiger partial charge in [0, 0.05) is 5.56 Å². The van der Waals surface area contributed by atoms with Crippen LogP contribution < -0.4 is 0 Å². The van der Waals surface area contributed by atoms with Gasteiger partial charge in [-0.15, -0.1) is 0 Å². The van der Waals surface area contributed by atoms with Gasteiger partial charge in [0.2, 0.25) is 0 Å². The third-order valence-electron chi connectivity index (χ3n) is 2.47. The van der Waals surface area contributed by atoms with Crippen molar-refractivity contribution in [1.29, 1.82) is 0 Å². The molecule has 2 aromatic rings. The summed E-state index contributed by atoms with van der Waals surface area (Å²) in [5.41, 5.74) is 1.35. The summed E-state index contributed by atoms with van der Waals surface area (Å²) in [7, 11) is 0. The number of hydrogen-bond donors (Lipinski definition) is 2. The molecule has 0 unspecified atom stereocenters. The number of carbonyl (C=O) groups is 1. The first kappa shape index (κ1) is 11.9. The van der Waals surface area contributed by atoms with E-state index in [1.165, 1.54) is 18.2 Å². The first-order valence-electron chi connectivity index (χ1n) is 5.45. The molecule has 0 aliphatic rings. The summed E-state index contributed by atoms with van der Waals surface area (Å²) < 4.78 is 0. The zero-order chi connectivity index (χ0) is 13.0. The lowest BCUT2D eigenvalue weighted by Crippen LogP contribution is -1.92. The van der Waals surface area contributed by atoms with Gasteiger partial charge >= 0.3 is 0 Å². The van der Waals surface area contributed by atoms with Crippen molar-refractivity contribution in [2.75, 3.05) is 0 Å². The molecule has 3 nitrogen and oxygen atoms in total. The minimum atomic E-state index is -0.136. The highest BCUT2D eigenvalue weighted by molar-refractivity contribution is 6.06. The Morgan fingerprint density at radius 1 is 0.833 bits per heavy atom. The zero-order valence-electron chi connectivity index (χ0n) is 9.58. The molecule has 2 rings (SSSR count). The summed E-state index contributed by atoms with van der Waals surface area (Å²) >= 11 is 0. The Labute approximate surface area is 105 Å². The Hall–Kier alpha value is -2.55. The highest BCUT2D eigenvalue weighted by Crippen LogP contribution is 2.13. The SMILES string of the molecule is O=C(/C=C\c1ccc(O)cc1)c1ccc(O)cc1. The molecule has 0 saturated carbocycles. The number of allylic oxidation sites excluding steroid dienone is 1. The third kappa shape index (κ3) is 2.98. The predicted octanol–water partition coefficient (Wildman–Crippen LogP) is 2.99. The lowest BCUT2D eigenvalue weighted by molar-refractivity contribution is 0.104. The van der Waals surface area contributed by atoms with Crippen LogP contribution in [0.15, 0.2) is 54.6 Å². The van der Waals surface area contributed by atoms with Crippen molar-refractivity contribution in [3.05, 3.63) is 65.7 Å². The molecular weight excluding hydrogens is 228 g/mol. The maximum atomic E-state index is 11.8. The fourth-order valence-electron chi connectivity index (χ4n) is 1.48. The molecule has 0 aromatic heterocycles. The number of rotatable bonds is 3. The number of carbonyl (C=O) groups excluding carboxylic acids is 1. The van der Waals surface area contributed by atoms with Crippen LogP contribution in [0.3, 0.4) is 0 Å². The number of aromatic hydroxyl groups is 2. The maximum absolute atomic E-state index is 11.8. The standard InChI is InChI=1S/C15H12O3/c16-13-6-1-11(2-7-13)3-10-15(18)12-4-8-14(17)9-5-12/h1-10,16-17H/b10-3-. The van der Waals surface area contributed by atoms with Crippen molar-refractivity contribution in [3.8, 4) is 11.5 Å². The summed E-state index contributed by atoms with van der Waals surface area (Å²) in [6, 6.07) is 12.6. The van der Waals surface area contributed by atoms with Gasteiger partial charge in [-0.2, -0.15) is 0 Å². The van der Waals surface area contributed by atoms with E-state index in [1.807, 2.05) is 0 Å². The fourth-order valence-corrected chi connectivity index (χ4v) is 1.48. The average molecular weight is 240 g/mol. The van der Waals surface area contributed by atoms with Crippen molar-refractivity contribution in [3.63, 3.8) is 0 Å². The van der Waals surface area contributed by atoms with E-state index in [1.54, 1.807) is 42.5 Å². The van der Waals surface area contributed by atoms with E-state index in [-0.39, 0.29) is 17.3 Å². The Bertz CT molecular complexity index is 566. The van der Waals surface area contributed by atoms with Gasteiger partial charge in [0.1, 0.15) is 11.5 Å². The number of ketones is 1. The van der Waals surface area contributed by atoms with Gasteiger partial charge < -0.3 is 10.2 Å². The molecule has 0 saturated heterocycles. The Balaban J connectivity index is 2.11. The van der Waals surface area contributed by atoms with Crippen LogP contribution in [0, 0.1) is 0 Å². The van der Waals surface area contributed by atoms with Crippen molar-refractivity contribution in [2.45, 2.75) is 0 Å². The molecule has 0 fully saturated rings. The van der Waals surface area contributed by atoms with Crippen LogP contribution in [0.2, 0.25) is 0 Å². The van der Waals surface area contributed by atoms with Gasteiger partial charge in [0.25, 0.3) is 0 Å². The normalized spacial score (nSPS) is 10.7. The van der Waals surface area contributed by atoms with E-state index in [2.05, 4.69) is 0 Å². The van der Waals surface area contributed by atoms with Gasteiger partial charge in [0.15, 0.2) is 5.78 Å². The minimum absolute atomic E-state index is 0.133. The summed E-state index contributed by atoms with van der Waals surface area (Å²) in [4.78, 5) is 11.8. The van der Waals surface area contributed by atoms with E-state index in [0.29, 0.717) is 5.56 Å². The monoisotopic (exact) mass is 240 g/mol. The van der Waals surface area contributed by atoms with Crippen LogP contribution in [-0.2, 0) is 0 Å². The fraction of sp³-hybridized carbons (Fsp3) is 0. The lowest BCUT2D eigenvalue weighted by Gasteiger charge is -1.97. The van der Waals surface area contributed by atoms with Gasteiger partial charge in [0.05, 0.1) is 0 Å². The first-order chi connectivity index (χ1) is 8.65. The number of phenols is 2. The molecule has 2 N–H and O–H groups in total. The highest BCUT2D eigenvalue weighted by Gasteiger charge is 2.00. The van der Waals surface area contributed by atoms with Gasteiger partial charge in [-0.3, -0.25) is 4.79 Å². The molecule has 0 aliphatic heterocycles. The molecule has 2 aromatic carbocycles. The van der Waals surface area contributed by atoms with E-state index in [9.17, 15) is 4.79 Å². The lowest BCUT2D eigenvalue weighted by atomic mass is 10.1. The Morgan fingerprint density at radius 2 is 1.33 bits per heavy atom. The van der Waals surface area contributed by atoms with Crippen LogP contribution in [-0.4, -0.2) is 16.0 Å². The Kier molecular flexibility index (Phi) is 3.44. The zero-order valence-corrected chi connectivity index (χ0v) is 9.58. The second-order valence-electron chi connectivity index (χ2n) is 3.84. The largest absolute Gasteiger partial charge is 0.508 e.